The molecule has 14 aromatic rings. The van der Waals surface area contributed by atoms with Gasteiger partial charge in [0, 0.05) is 32.8 Å². The summed E-state index contributed by atoms with van der Waals surface area (Å²) in [5.74, 6) is 0. The molecule has 0 bridgehead atoms. The predicted molar refractivity (Wildman–Crippen MR) is 323 cm³/mol. The number of hydrogen-bond donors (Lipinski definition) is 0. The molecule has 0 aliphatic carbocycles. The van der Waals surface area contributed by atoms with Crippen LogP contribution in [0.1, 0.15) is 27.7 Å². The van der Waals surface area contributed by atoms with Crippen molar-refractivity contribution in [3.05, 3.63) is 243 Å². The second kappa shape index (κ2) is 17.3. The fraction of sp³-hybridized carbons (Fsp3) is 0.0833. The number of rotatable bonds is 7. The highest BCUT2D eigenvalue weighted by molar-refractivity contribution is 6.62. The molecule has 15 rings (SSSR count). The van der Waals surface area contributed by atoms with Crippen molar-refractivity contribution in [3.63, 3.8) is 0 Å². The smallest absolute Gasteiger partial charge is 0.455 e. The predicted octanol–water partition coefficient (Wildman–Crippen LogP) is 18.8. The van der Waals surface area contributed by atoms with Crippen molar-refractivity contribution in [2.24, 2.45) is 0 Å². The molecular weight excluding hydrogens is 938 g/mol. The quantitative estimate of drug-likeness (QED) is 0.118. The molecule has 0 atom stereocenters. The third-order valence-electron chi connectivity index (χ3n) is 16.8. The van der Waals surface area contributed by atoms with Crippen molar-refractivity contribution in [1.29, 1.82) is 0 Å². The Morgan fingerprint density at radius 3 is 1.39 bits per heavy atom. The van der Waals surface area contributed by atoms with Crippen LogP contribution in [0.25, 0.3) is 137 Å². The number of nitrogens with zero attached hydrogens (tertiary/aromatic N) is 1. The Labute approximate surface area is 447 Å². The van der Waals surface area contributed by atoms with Gasteiger partial charge in [-0.3, -0.25) is 0 Å². The highest BCUT2D eigenvalue weighted by Crippen LogP contribution is 2.55. The fourth-order valence-electron chi connectivity index (χ4n) is 12.5. The molecule has 0 radical (unpaired) electrons. The van der Waals surface area contributed by atoms with Crippen molar-refractivity contribution in [3.8, 4) is 61.3 Å². The van der Waals surface area contributed by atoms with Crippen LogP contribution in [0.5, 0.6) is 0 Å². The van der Waals surface area contributed by atoms with Crippen molar-refractivity contribution in [2.75, 3.05) is 0 Å². The molecule has 1 aliphatic heterocycles. The molecule has 366 valence electrons. The van der Waals surface area contributed by atoms with Gasteiger partial charge in [0.1, 0.15) is 11.2 Å². The van der Waals surface area contributed by atoms with Crippen LogP contribution in [0.15, 0.2) is 247 Å². The van der Waals surface area contributed by atoms with Gasteiger partial charge in [0.2, 0.25) is 0 Å². The van der Waals surface area contributed by atoms with Crippen molar-refractivity contribution >= 4 is 88.6 Å². The summed E-state index contributed by atoms with van der Waals surface area (Å²) in [6.07, 6.45) is 0. The minimum absolute atomic E-state index is 0.462. The Morgan fingerprint density at radius 1 is 0.338 bits per heavy atom. The van der Waals surface area contributed by atoms with Gasteiger partial charge in [-0.15, -0.1) is 0 Å². The van der Waals surface area contributed by atoms with Crippen LogP contribution >= 0.6 is 0 Å². The number of aromatic nitrogens is 1. The summed E-state index contributed by atoms with van der Waals surface area (Å²) < 4.78 is 22.2. The summed E-state index contributed by atoms with van der Waals surface area (Å²) in [4.78, 5) is 0. The van der Waals surface area contributed by atoms with Gasteiger partial charge in [-0.1, -0.05) is 206 Å². The van der Waals surface area contributed by atoms with E-state index in [2.05, 4.69) is 269 Å². The normalized spacial score (nSPS) is 14.3. The Balaban J connectivity index is 0.995. The van der Waals surface area contributed by atoms with Gasteiger partial charge in [-0.2, -0.15) is 0 Å². The van der Waals surface area contributed by atoms with Crippen molar-refractivity contribution in [1.82, 2.24) is 4.57 Å². The van der Waals surface area contributed by atoms with E-state index in [-0.39, 0.29) is 0 Å². The van der Waals surface area contributed by atoms with Gasteiger partial charge >= 0.3 is 7.12 Å². The van der Waals surface area contributed by atoms with Crippen molar-refractivity contribution in [2.45, 2.75) is 38.9 Å². The van der Waals surface area contributed by atoms with E-state index in [1.807, 2.05) is 6.07 Å². The molecule has 0 spiro atoms. The Hall–Kier alpha value is -9.00. The summed E-state index contributed by atoms with van der Waals surface area (Å²) >= 11 is 0. The highest BCUT2D eigenvalue weighted by Gasteiger charge is 2.51. The molecule has 1 saturated heterocycles. The van der Waals surface area contributed by atoms with Crippen LogP contribution < -0.4 is 5.46 Å². The molecule has 1 fully saturated rings. The topological polar surface area (TPSA) is 36.5 Å². The SMILES string of the molecule is CC1(C)OB(c2ccc(-c3c(-c4ccc(-n5c6ccccc6c6cc(-c7cccc8c7oc7ccccc78)ccc65)cc4)c(-c4ccccc4)c4c5ccccc5c5ccccc5c4c3-c3ccccc3)cc2)OC1(C)C. The van der Waals surface area contributed by atoms with Gasteiger partial charge in [-0.05, 0) is 152 Å². The molecule has 0 amide bonds. The molecule has 0 saturated carbocycles. The standard InChI is InChI=1S/C72H52BNO3/c1-71(2)72(3,4)77-73(76-71)50-39-34-47(35-40-50)64-65(67(46-22-9-6-10-23-46)69-58-29-14-12-25-54(58)53-24-11-13-28-57(53)68(69)66(64)45-20-7-5-8-21-45)48-36-41-51(42-37-48)74-61-32-17-15-26-55(61)60-44-49(38-43-62(60)74)52-30-19-31-59-56-27-16-18-33-63(56)75-70(52)59/h5-44H,1-4H3. The van der Waals surface area contributed by atoms with Crippen LogP contribution in [0.2, 0.25) is 0 Å². The molecule has 2 aromatic heterocycles. The Bertz CT molecular complexity index is 4650. The summed E-state index contributed by atoms with van der Waals surface area (Å²) in [7, 11) is -0.486. The molecular formula is C72H52BNO3. The molecule has 0 unspecified atom stereocenters. The van der Waals surface area contributed by atoms with E-state index in [1.54, 1.807) is 0 Å². The first-order valence-corrected chi connectivity index (χ1v) is 26.8. The maximum absolute atomic E-state index is 6.62. The number of furan rings is 1. The average Bonchev–Trinajstić information content (AvgIpc) is 4.19. The second-order valence-electron chi connectivity index (χ2n) is 21.7. The lowest BCUT2D eigenvalue weighted by atomic mass is 9.75. The summed E-state index contributed by atoms with van der Waals surface area (Å²) in [6, 6.07) is 88.7. The van der Waals surface area contributed by atoms with Gasteiger partial charge in [0.05, 0.1) is 22.2 Å². The molecule has 4 nitrogen and oxygen atoms in total. The zero-order chi connectivity index (χ0) is 51.6. The summed E-state index contributed by atoms with van der Waals surface area (Å²) in [5.41, 5.74) is 16.7. The largest absolute Gasteiger partial charge is 0.494 e. The maximum atomic E-state index is 6.62. The molecule has 0 N–H and O–H groups in total. The minimum Gasteiger partial charge on any atom is -0.455 e. The molecule has 77 heavy (non-hydrogen) atoms. The first-order valence-electron chi connectivity index (χ1n) is 26.8. The lowest BCUT2D eigenvalue weighted by Crippen LogP contribution is -2.41. The summed E-state index contributed by atoms with van der Waals surface area (Å²) in [6.45, 7) is 8.45. The highest BCUT2D eigenvalue weighted by atomic mass is 16.7. The van der Waals surface area contributed by atoms with Crippen LogP contribution in [-0.4, -0.2) is 22.9 Å². The first kappa shape index (κ1) is 45.4. The molecule has 5 heteroatoms. The third kappa shape index (κ3) is 7.01. The minimum atomic E-state index is -0.486. The summed E-state index contributed by atoms with van der Waals surface area (Å²) in [5, 5.41) is 12.0. The van der Waals surface area contributed by atoms with Gasteiger partial charge in [0.25, 0.3) is 0 Å². The zero-order valence-electron chi connectivity index (χ0n) is 43.3. The molecule has 1 aliphatic rings. The van der Waals surface area contributed by atoms with E-state index < -0.39 is 18.3 Å². The molecule has 3 heterocycles. The van der Waals surface area contributed by atoms with E-state index in [1.165, 1.54) is 65.3 Å². The third-order valence-corrected chi connectivity index (χ3v) is 16.8. The zero-order valence-corrected chi connectivity index (χ0v) is 43.3. The fourth-order valence-corrected chi connectivity index (χ4v) is 12.5. The van der Waals surface area contributed by atoms with Crippen molar-refractivity contribution < 1.29 is 13.7 Å². The van der Waals surface area contributed by atoms with E-state index >= 15 is 0 Å². The first-order chi connectivity index (χ1) is 37.7. The van der Waals surface area contributed by atoms with Gasteiger partial charge < -0.3 is 18.3 Å². The number of fused-ring (bicyclic) bond motifs is 12. The monoisotopic (exact) mass is 989 g/mol. The van der Waals surface area contributed by atoms with Crippen LogP contribution in [-0.2, 0) is 9.31 Å². The second-order valence-corrected chi connectivity index (χ2v) is 21.7. The Kier molecular flexibility index (Phi) is 10.2. The number of para-hydroxylation sites is 3. The average molecular weight is 990 g/mol. The number of benzene rings is 12. The molecule has 12 aromatic carbocycles. The van der Waals surface area contributed by atoms with Gasteiger partial charge in [-0.25, -0.2) is 0 Å². The Morgan fingerprint density at radius 2 is 0.792 bits per heavy atom. The number of hydrogen-bond acceptors (Lipinski definition) is 3. The van der Waals surface area contributed by atoms with E-state index in [0.717, 1.165) is 77.5 Å². The van der Waals surface area contributed by atoms with Crippen LogP contribution in [0, 0.1) is 0 Å². The van der Waals surface area contributed by atoms with E-state index in [0.29, 0.717) is 0 Å². The lowest BCUT2D eigenvalue weighted by Gasteiger charge is -2.32. The maximum Gasteiger partial charge on any atom is 0.494 e. The van der Waals surface area contributed by atoms with E-state index in [4.69, 9.17) is 13.7 Å². The van der Waals surface area contributed by atoms with Crippen LogP contribution in [0.3, 0.4) is 0 Å². The van der Waals surface area contributed by atoms with Crippen LogP contribution in [0.4, 0.5) is 0 Å². The van der Waals surface area contributed by atoms with E-state index in [9.17, 15) is 0 Å². The van der Waals surface area contributed by atoms with Gasteiger partial charge in [0.15, 0.2) is 0 Å². The lowest BCUT2D eigenvalue weighted by molar-refractivity contribution is 0.00578.